The van der Waals surface area contributed by atoms with E-state index < -0.39 is 6.10 Å². The van der Waals surface area contributed by atoms with Crippen molar-refractivity contribution in [2.24, 2.45) is 0 Å². The van der Waals surface area contributed by atoms with Gasteiger partial charge in [0.1, 0.15) is 13.2 Å². The molecule has 0 aromatic carbocycles. The number of allylic oxidation sites excluding steroid dienone is 18. The summed E-state index contributed by atoms with van der Waals surface area (Å²) in [6.07, 6.45) is 91.6. The van der Waals surface area contributed by atoms with E-state index in [9.17, 15) is 14.4 Å². The highest BCUT2D eigenvalue weighted by Crippen LogP contribution is 2.17. The van der Waals surface area contributed by atoms with E-state index in [0.29, 0.717) is 19.3 Å². The molecule has 0 saturated heterocycles. The van der Waals surface area contributed by atoms with Gasteiger partial charge in [-0.15, -0.1) is 0 Å². The Morgan fingerprint density at radius 2 is 0.494 bits per heavy atom. The Balaban J connectivity index is 4.01. The number of unbranched alkanes of at least 4 members (excludes halogenated alkanes) is 31. The SMILES string of the molecule is CC/C=C\C/C=C\C/C=C\C/C=C\C/C=C\CCCCCCCCCCCCCCCC(=O)OCC(COC(=O)CCCCCCC)OC(=O)CCCCCCCCCCCCCCCC/C=C\C/C=C\C/C=C\C/C=C\CC. The Morgan fingerprint density at radius 3 is 0.772 bits per heavy atom. The predicted octanol–water partition coefficient (Wildman–Crippen LogP) is 23.0. The van der Waals surface area contributed by atoms with Gasteiger partial charge < -0.3 is 14.2 Å². The Bertz CT molecular complexity index is 1590. The summed E-state index contributed by atoms with van der Waals surface area (Å²) in [6.45, 7) is 6.36. The molecule has 0 fully saturated rings. The molecule has 6 heteroatoms. The molecule has 452 valence electrons. The molecule has 0 aliphatic rings. The molecule has 0 amide bonds. The van der Waals surface area contributed by atoms with Crippen molar-refractivity contribution in [3.8, 4) is 0 Å². The summed E-state index contributed by atoms with van der Waals surface area (Å²) < 4.78 is 16.8. The minimum Gasteiger partial charge on any atom is -0.462 e. The van der Waals surface area contributed by atoms with Gasteiger partial charge >= 0.3 is 17.9 Å². The Labute approximate surface area is 489 Å². The molecule has 1 unspecified atom stereocenters. The number of hydrogen-bond donors (Lipinski definition) is 0. The van der Waals surface area contributed by atoms with Crippen LogP contribution < -0.4 is 0 Å². The average Bonchev–Trinajstić information content (AvgIpc) is 3.45. The third-order valence-corrected chi connectivity index (χ3v) is 14.3. The first-order chi connectivity index (χ1) is 39.0. The van der Waals surface area contributed by atoms with E-state index in [1.165, 1.54) is 154 Å². The van der Waals surface area contributed by atoms with E-state index in [1.54, 1.807) is 0 Å². The highest BCUT2D eigenvalue weighted by molar-refractivity contribution is 5.71. The molecule has 0 N–H and O–H groups in total. The van der Waals surface area contributed by atoms with E-state index in [1.807, 2.05) is 0 Å². The molecule has 0 aliphatic heterocycles. The van der Waals surface area contributed by atoms with Gasteiger partial charge in [0.05, 0.1) is 0 Å². The summed E-state index contributed by atoms with van der Waals surface area (Å²) in [5.74, 6) is -0.883. The van der Waals surface area contributed by atoms with Crippen LogP contribution in [0.25, 0.3) is 0 Å². The van der Waals surface area contributed by atoms with Gasteiger partial charge in [-0.3, -0.25) is 14.4 Å². The number of carbonyl (C=O) groups is 3. The first-order valence-corrected chi connectivity index (χ1v) is 33.4. The third-order valence-electron chi connectivity index (χ3n) is 14.3. The summed E-state index contributed by atoms with van der Waals surface area (Å²) in [7, 11) is 0. The van der Waals surface area contributed by atoms with Gasteiger partial charge in [0.15, 0.2) is 6.10 Å². The lowest BCUT2D eigenvalue weighted by Gasteiger charge is -2.18. The molecule has 0 aromatic rings. The topological polar surface area (TPSA) is 78.9 Å². The lowest BCUT2D eigenvalue weighted by molar-refractivity contribution is -0.167. The molecule has 0 aromatic heterocycles. The van der Waals surface area contributed by atoms with Crippen LogP contribution in [0.5, 0.6) is 0 Å². The maximum atomic E-state index is 12.9. The lowest BCUT2D eigenvalue weighted by atomic mass is 10.0. The zero-order valence-electron chi connectivity index (χ0n) is 51.9. The van der Waals surface area contributed by atoms with Gasteiger partial charge in [-0.05, 0) is 103 Å². The van der Waals surface area contributed by atoms with Crippen LogP contribution in [-0.4, -0.2) is 37.2 Å². The standard InChI is InChI=1S/C73H124O6/c1-4-7-10-13-15-17-19-21-23-25-27-29-31-33-35-36-38-39-41-43-45-47-49-51-53-55-57-60-63-66-72(75)78-69-70(68-77-71(74)65-62-59-12-9-6-3)79-73(76)67-64-61-58-56-54-52-50-48-46-44-42-40-37-34-32-30-28-26-24-22-20-18-16-14-11-8-5-2/h7-8,10-11,15-18,21-24,27-30,33,35,70H,4-6,9,12-14,19-20,25-26,31-32,34,36-69H2,1-3H3/b10-7-,11-8-,17-15-,18-16-,23-21-,24-22-,29-27-,30-28-,35-33-. The molecule has 0 spiro atoms. The average molecular weight is 1100 g/mol. The maximum absolute atomic E-state index is 12.9. The number of rotatable bonds is 60. The molecule has 0 radical (unpaired) electrons. The quantitative estimate of drug-likeness (QED) is 0.0261. The summed E-state index contributed by atoms with van der Waals surface area (Å²) in [5.41, 5.74) is 0. The summed E-state index contributed by atoms with van der Waals surface area (Å²) in [4.78, 5) is 38.0. The first-order valence-electron chi connectivity index (χ1n) is 33.4. The van der Waals surface area contributed by atoms with Crippen LogP contribution in [0, 0.1) is 0 Å². The third kappa shape index (κ3) is 64.8. The largest absolute Gasteiger partial charge is 0.462 e. The molecule has 79 heavy (non-hydrogen) atoms. The van der Waals surface area contributed by atoms with Crippen LogP contribution >= 0.6 is 0 Å². The highest BCUT2D eigenvalue weighted by atomic mass is 16.6. The molecule has 1 atom stereocenters. The lowest BCUT2D eigenvalue weighted by Crippen LogP contribution is -2.30. The van der Waals surface area contributed by atoms with Crippen molar-refractivity contribution in [1.82, 2.24) is 0 Å². The van der Waals surface area contributed by atoms with E-state index in [-0.39, 0.29) is 31.1 Å². The fraction of sp³-hybridized carbons (Fsp3) is 0.712. The first kappa shape index (κ1) is 75.1. The van der Waals surface area contributed by atoms with Gasteiger partial charge in [-0.2, -0.15) is 0 Å². The van der Waals surface area contributed by atoms with E-state index in [2.05, 4.69) is 130 Å². The van der Waals surface area contributed by atoms with Crippen LogP contribution in [0.2, 0.25) is 0 Å². The van der Waals surface area contributed by atoms with Crippen LogP contribution in [-0.2, 0) is 28.6 Å². The van der Waals surface area contributed by atoms with Crippen molar-refractivity contribution in [2.75, 3.05) is 13.2 Å². The molecule has 0 rings (SSSR count). The van der Waals surface area contributed by atoms with Crippen molar-refractivity contribution >= 4 is 17.9 Å². The van der Waals surface area contributed by atoms with Gasteiger partial charge in [-0.25, -0.2) is 0 Å². The Morgan fingerprint density at radius 1 is 0.266 bits per heavy atom. The summed E-state index contributed by atoms with van der Waals surface area (Å²) >= 11 is 0. The van der Waals surface area contributed by atoms with Crippen molar-refractivity contribution in [1.29, 1.82) is 0 Å². The van der Waals surface area contributed by atoms with E-state index in [4.69, 9.17) is 14.2 Å². The fourth-order valence-electron chi connectivity index (χ4n) is 9.35. The van der Waals surface area contributed by atoms with E-state index >= 15 is 0 Å². The van der Waals surface area contributed by atoms with E-state index in [0.717, 1.165) is 122 Å². The van der Waals surface area contributed by atoms with Gasteiger partial charge in [0, 0.05) is 19.3 Å². The maximum Gasteiger partial charge on any atom is 0.306 e. The smallest absolute Gasteiger partial charge is 0.306 e. The summed E-state index contributed by atoms with van der Waals surface area (Å²) in [5, 5.41) is 0. The zero-order chi connectivity index (χ0) is 57.1. The molecule has 0 aliphatic carbocycles. The molecular weight excluding hydrogens is 973 g/mol. The van der Waals surface area contributed by atoms with Crippen molar-refractivity contribution in [2.45, 2.75) is 322 Å². The Kier molecular flexibility index (Phi) is 63.3. The van der Waals surface area contributed by atoms with Crippen LogP contribution in [0.15, 0.2) is 109 Å². The van der Waals surface area contributed by atoms with Gasteiger partial charge in [0.2, 0.25) is 0 Å². The zero-order valence-corrected chi connectivity index (χ0v) is 51.9. The Hall–Kier alpha value is -3.93. The minimum absolute atomic E-state index is 0.0767. The fourth-order valence-corrected chi connectivity index (χ4v) is 9.35. The number of carbonyl (C=O) groups excluding carboxylic acids is 3. The van der Waals surface area contributed by atoms with Crippen LogP contribution in [0.4, 0.5) is 0 Å². The normalized spacial score (nSPS) is 12.8. The van der Waals surface area contributed by atoms with Crippen molar-refractivity contribution in [3.63, 3.8) is 0 Å². The second kappa shape index (κ2) is 66.6. The molecule has 0 saturated carbocycles. The monoisotopic (exact) mass is 1100 g/mol. The number of ether oxygens (including phenoxy) is 3. The van der Waals surface area contributed by atoms with Crippen molar-refractivity contribution in [3.05, 3.63) is 109 Å². The predicted molar refractivity (Wildman–Crippen MR) is 343 cm³/mol. The van der Waals surface area contributed by atoms with Crippen LogP contribution in [0.1, 0.15) is 316 Å². The minimum atomic E-state index is -0.776. The number of hydrogen-bond acceptors (Lipinski definition) is 6. The van der Waals surface area contributed by atoms with Crippen LogP contribution in [0.3, 0.4) is 0 Å². The second-order valence-corrected chi connectivity index (χ2v) is 22.0. The summed E-state index contributed by atoms with van der Waals surface area (Å²) in [6, 6.07) is 0. The highest BCUT2D eigenvalue weighted by Gasteiger charge is 2.19. The van der Waals surface area contributed by atoms with Gasteiger partial charge in [0.25, 0.3) is 0 Å². The number of esters is 3. The van der Waals surface area contributed by atoms with Crippen molar-refractivity contribution < 1.29 is 28.6 Å². The van der Waals surface area contributed by atoms with Gasteiger partial charge in [-0.1, -0.05) is 304 Å². The molecular formula is C73H124O6. The molecule has 0 bridgehead atoms. The second-order valence-electron chi connectivity index (χ2n) is 22.0. The molecule has 0 heterocycles. The molecule has 6 nitrogen and oxygen atoms in total.